The summed E-state index contributed by atoms with van der Waals surface area (Å²) in [7, 11) is 0. The van der Waals surface area contributed by atoms with Crippen molar-refractivity contribution in [2.75, 3.05) is 6.61 Å². The Morgan fingerprint density at radius 2 is 2.15 bits per heavy atom. The van der Waals surface area contributed by atoms with Gasteiger partial charge in [0.1, 0.15) is 11.9 Å². The zero-order valence-electron chi connectivity index (χ0n) is 8.84. The molecule has 0 bridgehead atoms. The minimum atomic E-state index is -0.634. The van der Waals surface area contributed by atoms with Crippen molar-refractivity contribution in [2.24, 2.45) is 5.41 Å². The maximum absolute atomic E-state index is 9.84. The SMILES string of the molecule is C=CCC(C)(C)C(O)C(=C)OCC. The van der Waals surface area contributed by atoms with E-state index in [1.165, 1.54) is 0 Å². The highest BCUT2D eigenvalue weighted by molar-refractivity contribution is 5.01. The lowest BCUT2D eigenvalue weighted by Crippen LogP contribution is -2.31. The highest BCUT2D eigenvalue weighted by Gasteiger charge is 2.29. The molecule has 1 N–H and O–H groups in total. The lowest BCUT2D eigenvalue weighted by molar-refractivity contribution is 0.0277. The molecule has 76 valence electrons. The van der Waals surface area contributed by atoms with Crippen molar-refractivity contribution in [3.05, 3.63) is 25.0 Å². The second-order valence-corrected chi connectivity index (χ2v) is 3.78. The summed E-state index contributed by atoms with van der Waals surface area (Å²) in [6.07, 6.45) is 1.90. The van der Waals surface area contributed by atoms with Gasteiger partial charge in [0.15, 0.2) is 0 Å². The van der Waals surface area contributed by atoms with Gasteiger partial charge in [0, 0.05) is 5.41 Å². The van der Waals surface area contributed by atoms with Gasteiger partial charge in [0.2, 0.25) is 0 Å². The molecule has 0 amide bonds. The summed E-state index contributed by atoms with van der Waals surface area (Å²) in [4.78, 5) is 0. The van der Waals surface area contributed by atoms with Gasteiger partial charge in [-0.05, 0) is 13.3 Å². The van der Waals surface area contributed by atoms with Gasteiger partial charge < -0.3 is 9.84 Å². The maximum atomic E-state index is 9.84. The highest BCUT2D eigenvalue weighted by Crippen LogP contribution is 2.29. The Morgan fingerprint density at radius 3 is 2.54 bits per heavy atom. The van der Waals surface area contributed by atoms with E-state index in [-0.39, 0.29) is 5.41 Å². The molecule has 0 aromatic rings. The van der Waals surface area contributed by atoms with Gasteiger partial charge in [-0.1, -0.05) is 26.5 Å². The number of aliphatic hydroxyl groups is 1. The lowest BCUT2D eigenvalue weighted by atomic mass is 9.82. The van der Waals surface area contributed by atoms with Crippen molar-refractivity contribution in [1.29, 1.82) is 0 Å². The van der Waals surface area contributed by atoms with E-state index < -0.39 is 6.10 Å². The monoisotopic (exact) mass is 184 g/mol. The number of ether oxygens (including phenoxy) is 1. The molecule has 0 spiro atoms. The third-order valence-corrected chi connectivity index (χ3v) is 2.05. The summed E-state index contributed by atoms with van der Waals surface area (Å²) < 4.78 is 5.16. The molecule has 0 saturated heterocycles. The molecule has 13 heavy (non-hydrogen) atoms. The van der Waals surface area contributed by atoms with Crippen LogP contribution < -0.4 is 0 Å². The van der Waals surface area contributed by atoms with Crippen LogP contribution in [0.1, 0.15) is 27.2 Å². The second-order valence-electron chi connectivity index (χ2n) is 3.78. The smallest absolute Gasteiger partial charge is 0.118 e. The molecule has 1 unspecified atom stereocenters. The molecule has 0 aromatic carbocycles. The first kappa shape index (κ1) is 12.2. The molecule has 0 rings (SSSR count). The van der Waals surface area contributed by atoms with Gasteiger partial charge in [-0.2, -0.15) is 0 Å². The summed E-state index contributed by atoms with van der Waals surface area (Å²) in [5.41, 5.74) is -0.256. The van der Waals surface area contributed by atoms with Crippen molar-refractivity contribution in [1.82, 2.24) is 0 Å². The number of hydrogen-bond donors (Lipinski definition) is 1. The molecule has 0 aliphatic carbocycles. The van der Waals surface area contributed by atoms with Crippen molar-refractivity contribution in [2.45, 2.75) is 33.3 Å². The van der Waals surface area contributed by atoms with E-state index in [9.17, 15) is 5.11 Å². The zero-order chi connectivity index (χ0) is 10.5. The van der Waals surface area contributed by atoms with E-state index in [2.05, 4.69) is 13.2 Å². The topological polar surface area (TPSA) is 29.5 Å². The first-order valence-electron chi connectivity index (χ1n) is 4.56. The molecule has 0 heterocycles. The van der Waals surface area contributed by atoms with Crippen LogP contribution >= 0.6 is 0 Å². The molecule has 2 nitrogen and oxygen atoms in total. The fourth-order valence-electron chi connectivity index (χ4n) is 1.18. The quantitative estimate of drug-likeness (QED) is 0.507. The summed E-state index contributed by atoms with van der Waals surface area (Å²) in [5, 5.41) is 9.84. The van der Waals surface area contributed by atoms with Crippen LogP contribution in [0.15, 0.2) is 25.0 Å². The second kappa shape index (κ2) is 5.07. The van der Waals surface area contributed by atoms with Gasteiger partial charge in [-0.15, -0.1) is 6.58 Å². The molecule has 0 aliphatic rings. The van der Waals surface area contributed by atoms with E-state index >= 15 is 0 Å². The zero-order valence-corrected chi connectivity index (χ0v) is 8.84. The van der Waals surface area contributed by atoms with Crippen molar-refractivity contribution >= 4 is 0 Å². The van der Waals surface area contributed by atoms with Crippen LogP contribution in [0.3, 0.4) is 0 Å². The molecule has 0 saturated carbocycles. The molecule has 1 atom stereocenters. The normalized spacial score (nSPS) is 13.5. The van der Waals surface area contributed by atoms with Crippen molar-refractivity contribution in [3.8, 4) is 0 Å². The largest absolute Gasteiger partial charge is 0.496 e. The predicted octanol–water partition coefficient (Wildman–Crippen LogP) is 2.50. The first-order valence-corrected chi connectivity index (χ1v) is 4.56. The van der Waals surface area contributed by atoms with Gasteiger partial charge in [0.25, 0.3) is 0 Å². The number of aliphatic hydroxyl groups excluding tert-OH is 1. The lowest BCUT2D eigenvalue weighted by Gasteiger charge is -2.30. The Labute approximate surface area is 80.9 Å². The van der Waals surface area contributed by atoms with E-state index in [0.717, 1.165) is 6.42 Å². The third kappa shape index (κ3) is 3.64. The summed E-state index contributed by atoms with van der Waals surface area (Å²) >= 11 is 0. The van der Waals surface area contributed by atoms with Crippen molar-refractivity contribution < 1.29 is 9.84 Å². The Bertz CT molecular complexity index is 183. The van der Waals surface area contributed by atoms with Crippen LogP contribution in [-0.4, -0.2) is 17.8 Å². The van der Waals surface area contributed by atoms with Gasteiger partial charge >= 0.3 is 0 Å². The predicted molar refractivity (Wildman–Crippen MR) is 55.4 cm³/mol. The maximum Gasteiger partial charge on any atom is 0.118 e. The van der Waals surface area contributed by atoms with E-state index in [0.29, 0.717) is 12.4 Å². The van der Waals surface area contributed by atoms with Gasteiger partial charge in [-0.3, -0.25) is 0 Å². The molecule has 0 radical (unpaired) electrons. The fourth-order valence-corrected chi connectivity index (χ4v) is 1.18. The minimum absolute atomic E-state index is 0.256. The average Bonchev–Trinajstić information content (AvgIpc) is 2.03. The summed E-state index contributed by atoms with van der Waals surface area (Å²) in [6, 6.07) is 0. The van der Waals surface area contributed by atoms with E-state index in [1.54, 1.807) is 6.08 Å². The van der Waals surface area contributed by atoms with Crippen LogP contribution in [-0.2, 0) is 4.74 Å². The molecular weight excluding hydrogens is 164 g/mol. The number of allylic oxidation sites excluding steroid dienone is 1. The van der Waals surface area contributed by atoms with Crippen LogP contribution in [0.25, 0.3) is 0 Å². The van der Waals surface area contributed by atoms with E-state index in [4.69, 9.17) is 4.74 Å². The molecule has 0 aliphatic heterocycles. The molecule has 2 heteroatoms. The average molecular weight is 184 g/mol. The highest BCUT2D eigenvalue weighted by atomic mass is 16.5. The summed E-state index contributed by atoms with van der Waals surface area (Å²) in [5.74, 6) is 0.439. The minimum Gasteiger partial charge on any atom is -0.496 e. The van der Waals surface area contributed by atoms with Crippen LogP contribution in [0.2, 0.25) is 0 Å². The van der Waals surface area contributed by atoms with Crippen molar-refractivity contribution in [3.63, 3.8) is 0 Å². The van der Waals surface area contributed by atoms with Crippen LogP contribution in [0, 0.1) is 5.41 Å². The Morgan fingerprint density at radius 1 is 1.62 bits per heavy atom. The van der Waals surface area contributed by atoms with Gasteiger partial charge in [0.05, 0.1) is 6.61 Å². The Balaban J connectivity index is 4.29. The first-order chi connectivity index (χ1) is 5.95. The van der Waals surface area contributed by atoms with Crippen LogP contribution in [0.5, 0.6) is 0 Å². The third-order valence-electron chi connectivity index (χ3n) is 2.05. The summed E-state index contributed by atoms with van der Waals surface area (Å²) in [6.45, 7) is 13.7. The standard InChI is InChI=1S/C11H20O2/c1-6-8-11(4,5)10(12)9(3)13-7-2/h6,10,12H,1,3,7-8H2,2,4-5H3. The fraction of sp³-hybridized carbons (Fsp3) is 0.636. The van der Waals surface area contributed by atoms with Gasteiger partial charge in [-0.25, -0.2) is 0 Å². The molecule has 0 aromatic heterocycles. The number of rotatable bonds is 6. The molecular formula is C11H20O2. The van der Waals surface area contributed by atoms with E-state index in [1.807, 2.05) is 20.8 Å². The molecule has 0 fully saturated rings. The Kier molecular flexibility index (Phi) is 4.78. The Hall–Kier alpha value is -0.760. The van der Waals surface area contributed by atoms with Crippen LogP contribution in [0.4, 0.5) is 0 Å². The number of hydrogen-bond acceptors (Lipinski definition) is 2.